The third kappa shape index (κ3) is 3.39. The number of nitrogens with one attached hydrogen (secondary N) is 1. The minimum atomic E-state index is 0.132. The van der Waals surface area contributed by atoms with E-state index in [4.69, 9.17) is 4.74 Å². The predicted octanol–water partition coefficient (Wildman–Crippen LogP) is 4.03. The van der Waals surface area contributed by atoms with Crippen LogP contribution in [0.1, 0.15) is 12.5 Å². The monoisotopic (exact) mass is 350 g/mol. The molecule has 0 bridgehead atoms. The van der Waals surface area contributed by atoms with Crippen LogP contribution in [0, 0.1) is 0 Å². The minimum absolute atomic E-state index is 0.132. The van der Waals surface area contributed by atoms with Crippen LogP contribution in [-0.2, 0) is 0 Å². The summed E-state index contributed by atoms with van der Waals surface area (Å²) in [5.41, 5.74) is 5.61. The second kappa shape index (κ2) is 7.03. The molecule has 6 heteroatoms. The van der Waals surface area contributed by atoms with Crippen molar-refractivity contribution >= 4 is 17.8 Å². The maximum Gasteiger partial charge on any atom is 0.212 e. The zero-order valence-corrected chi connectivity index (χ0v) is 14.6. The molecule has 2 aromatic carbocycles. The Bertz CT molecular complexity index is 874. The number of aromatic nitrogens is 3. The summed E-state index contributed by atoms with van der Waals surface area (Å²) < 4.78 is 7.43. The highest BCUT2D eigenvalue weighted by atomic mass is 32.2. The number of nitrogens with zero attached hydrogens (tertiary/aromatic N) is 3. The SMILES string of the molecule is CCOc1ccc(-c2nnc3n2N[C@@H](C=Cc2ccccc2)S3)cc1. The number of hydrogen-bond acceptors (Lipinski definition) is 5. The lowest BCUT2D eigenvalue weighted by Gasteiger charge is -2.09. The van der Waals surface area contributed by atoms with Gasteiger partial charge in [-0.3, -0.25) is 0 Å². The van der Waals surface area contributed by atoms with E-state index < -0.39 is 0 Å². The normalized spacial score (nSPS) is 16.0. The third-order valence-corrected chi connectivity index (χ3v) is 4.80. The van der Waals surface area contributed by atoms with Crippen LogP contribution in [0.15, 0.2) is 65.8 Å². The highest BCUT2D eigenvalue weighted by Crippen LogP contribution is 2.32. The largest absolute Gasteiger partial charge is 0.494 e. The van der Waals surface area contributed by atoms with Crippen molar-refractivity contribution in [3.63, 3.8) is 0 Å². The van der Waals surface area contributed by atoms with Gasteiger partial charge in [0.05, 0.1) is 6.61 Å². The predicted molar refractivity (Wildman–Crippen MR) is 101 cm³/mol. The molecule has 0 unspecified atom stereocenters. The lowest BCUT2D eigenvalue weighted by atomic mass is 10.2. The third-order valence-electron chi connectivity index (χ3n) is 3.81. The molecule has 0 aliphatic carbocycles. The van der Waals surface area contributed by atoms with Gasteiger partial charge < -0.3 is 10.2 Å². The number of hydrogen-bond donors (Lipinski definition) is 1. The van der Waals surface area contributed by atoms with Crippen LogP contribution < -0.4 is 10.2 Å². The maximum absolute atomic E-state index is 5.49. The smallest absolute Gasteiger partial charge is 0.212 e. The van der Waals surface area contributed by atoms with Gasteiger partial charge in [-0.25, -0.2) is 4.68 Å². The van der Waals surface area contributed by atoms with E-state index in [2.05, 4.69) is 39.9 Å². The quantitative estimate of drug-likeness (QED) is 0.753. The van der Waals surface area contributed by atoms with Crippen molar-refractivity contribution in [3.8, 4) is 17.1 Å². The van der Waals surface area contributed by atoms with Gasteiger partial charge in [0.25, 0.3) is 0 Å². The number of benzene rings is 2. The fourth-order valence-corrected chi connectivity index (χ4v) is 3.50. The fourth-order valence-electron chi connectivity index (χ4n) is 2.63. The zero-order chi connectivity index (χ0) is 17.1. The summed E-state index contributed by atoms with van der Waals surface area (Å²) in [5, 5.41) is 9.59. The summed E-state index contributed by atoms with van der Waals surface area (Å²) in [6, 6.07) is 18.2. The van der Waals surface area contributed by atoms with Gasteiger partial charge >= 0.3 is 0 Å². The number of ether oxygens (including phenoxy) is 1. The van der Waals surface area contributed by atoms with Gasteiger partial charge in [-0.1, -0.05) is 48.2 Å². The minimum Gasteiger partial charge on any atom is -0.494 e. The van der Waals surface area contributed by atoms with Gasteiger partial charge in [0.1, 0.15) is 11.1 Å². The molecule has 126 valence electrons. The molecule has 4 rings (SSSR count). The first-order valence-corrected chi connectivity index (χ1v) is 9.06. The molecule has 1 aliphatic rings. The average Bonchev–Trinajstić information content (AvgIpc) is 3.22. The van der Waals surface area contributed by atoms with E-state index >= 15 is 0 Å². The Kier molecular flexibility index (Phi) is 4.43. The Morgan fingerprint density at radius 1 is 1.12 bits per heavy atom. The molecule has 0 amide bonds. The molecule has 1 N–H and O–H groups in total. The first-order chi connectivity index (χ1) is 12.3. The lowest BCUT2D eigenvalue weighted by Crippen LogP contribution is -2.17. The summed E-state index contributed by atoms with van der Waals surface area (Å²) >= 11 is 1.65. The molecular weight excluding hydrogens is 332 g/mol. The Morgan fingerprint density at radius 3 is 2.68 bits per heavy atom. The Labute approximate surface area is 150 Å². The van der Waals surface area contributed by atoms with Crippen LogP contribution in [0.5, 0.6) is 5.75 Å². The molecule has 1 aliphatic heterocycles. The van der Waals surface area contributed by atoms with Gasteiger partial charge in [0.15, 0.2) is 5.82 Å². The van der Waals surface area contributed by atoms with E-state index in [1.807, 2.05) is 54.1 Å². The van der Waals surface area contributed by atoms with Crippen molar-refractivity contribution in [2.45, 2.75) is 17.5 Å². The van der Waals surface area contributed by atoms with Gasteiger partial charge in [-0.15, -0.1) is 10.2 Å². The molecule has 1 atom stereocenters. The summed E-state index contributed by atoms with van der Waals surface area (Å²) in [6.45, 7) is 2.64. The molecule has 0 saturated carbocycles. The van der Waals surface area contributed by atoms with Crippen LogP contribution in [0.2, 0.25) is 0 Å². The van der Waals surface area contributed by atoms with E-state index in [0.29, 0.717) is 6.61 Å². The van der Waals surface area contributed by atoms with Crippen molar-refractivity contribution in [1.29, 1.82) is 0 Å². The second-order valence-electron chi connectivity index (χ2n) is 5.54. The summed E-state index contributed by atoms with van der Waals surface area (Å²) in [5.74, 6) is 1.67. The van der Waals surface area contributed by atoms with Crippen molar-refractivity contribution in [3.05, 3.63) is 66.2 Å². The topological polar surface area (TPSA) is 52.0 Å². The van der Waals surface area contributed by atoms with Crippen LogP contribution in [0.3, 0.4) is 0 Å². The van der Waals surface area contributed by atoms with Crippen molar-refractivity contribution in [1.82, 2.24) is 14.9 Å². The highest BCUT2D eigenvalue weighted by Gasteiger charge is 2.25. The van der Waals surface area contributed by atoms with E-state index in [1.54, 1.807) is 11.8 Å². The van der Waals surface area contributed by atoms with Crippen molar-refractivity contribution in [2.24, 2.45) is 0 Å². The zero-order valence-electron chi connectivity index (χ0n) is 13.8. The van der Waals surface area contributed by atoms with Crippen LogP contribution in [0.25, 0.3) is 17.5 Å². The molecule has 0 radical (unpaired) electrons. The highest BCUT2D eigenvalue weighted by molar-refractivity contribution is 8.00. The standard InChI is InChI=1S/C19H18N4OS/c1-2-24-16-11-9-15(10-12-16)18-20-21-19-23(18)22-17(25-19)13-8-14-6-4-3-5-7-14/h3-13,17,22H,2H2,1H3/t17-/m1/s1. The van der Waals surface area contributed by atoms with Gasteiger partial charge in [0.2, 0.25) is 5.16 Å². The molecule has 3 aromatic rings. The van der Waals surface area contributed by atoms with E-state index in [9.17, 15) is 0 Å². The van der Waals surface area contributed by atoms with Crippen LogP contribution >= 0.6 is 11.8 Å². The summed E-state index contributed by atoms with van der Waals surface area (Å²) in [4.78, 5) is 0. The molecule has 0 saturated heterocycles. The van der Waals surface area contributed by atoms with Crippen LogP contribution in [0.4, 0.5) is 0 Å². The number of thioether (sulfide) groups is 1. The van der Waals surface area contributed by atoms with Crippen molar-refractivity contribution < 1.29 is 4.74 Å². The van der Waals surface area contributed by atoms with E-state index in [1.165, 1.54) is 5.56 Å². The van der Waals surface area contributed by atoms with Gasteiger partial charge in [-0.05, 0) is 42.8 Å². The molecule has 0 fully saturated rings. The molecule has 0 spiro atoms. The Hall–Kier alpha value is -2.73. The molecule has 1 aromatic heterocycles. The van der Waals surface area contributed by atoms with Gasteiger partial charge in [-0.2, -0.15) is 0 Å². The fraction of sp³-hybridized carbons (Fsp3) is 0.158. The molecular formula is C19H18N4OS. The first-order valence-electron chi connectivity index (χ1n) is 8.18. The van der Waals surface area contributed by atoms with Crippen molar-refractivity contribution in [2.75, 3.05) is 12.0 Å². The second-order valence-corrected chi connectivity index (χ2v) is 6.65. The summed E-state index contributed by atoms with van der Waals surface area (Å²) in [6.07, 6.45) is 4.25. The summed E-state index contributed by atoms with van der Waals surface area (Å²) in [7, 11) is 0. The molecule has 5 nitrogen and oxygen atoms in total. The van der Waals surface area contributed by atoms with Gasteiger partial charge in [0, 0.05) is 5.56 Å². The number of fused-ring (bicyclic) bond motifs is 1. The first kappa shape index (κ1) is 15.8. The van der Waals surface area contributed by atoms with E-state index in [0.717, 1.165) is 22.3 Å². The van der Waals surface area contributed by atoms with E-state index in [-0.39, 0.29) is 5.37 Å². The Balaban J connectivity index is 1.50. The van der Waals surface area contributed by atoms with Crippen LogP contribution in [-0.4, -0.2) is 26.9 Å². The average molecular weight is 350 g/mol. The molecule has 25 heavy (non-hydrogen) atoms. The Morgan fingerprint density at radius 2 is 1.92 bits per heavy atom. The molecule has 2 heterocycles. The lowest BCUT2D eigenvalue weighted by molar-refractivity contribution is 0.340. The number of rotatable bonds is 5. The maximum atomic E-state index is 5.49.